The van der Waals surface area contributed by atoms with Gasteiger partial charge in [-0.2, -0.15) is 0 Å². The molecule has 1 unspecified atom stereocenters. The molecular formula is C17H23NO4. The van der Waals surface area contributed by atoms with Gasteiger partial charge in [0, 0.05) is 5.69 Å². The van der Waals surface area contributed by atoms with Crippen LogP contribution in [-0.4, -0.2) is 24.8 Å². The van der Waals surface area contributed by atoms with Crippen molar-refractivity contribution in [2.45, 2.75) is 45.6 Å². The van der Waals surface area contributed by atoms with E-state index in [1.807, 2.05) is 39.0 Å². The summed E-state index contributed by atoms with van der Waals surface area (Å²) in [5, 5.41) is 2.73. The number of ether oxygens (including phenoxy) is 2. The van der Waals surface area contributed by atoms with Gasteiger partial charge in [-0.1, -0.05) is 6.07 Å². The van der Waals surface area contributed by atoms with Crippen molar-refractivity contribution in [2.24, 2.45) is 5.92 Å². The first-order valence-corrected chi connectivity index (χ1v) is 7.48. The second-order valence-electron chi connectivity index (χ2n) is 6.57. The second-order valence-corrected chi connectivity index (χ2v) is 6.57. The molecule has 5 heteroatoms. The molecule has 0 saturated heterocycles. The van der Waals surface area contributed by atoms with E-state index in [1.165, 1.54) is 12.7 Å². The zero-order valence-corrected chi connectivity index (χ0v) is 13.6. The Morgan fingerprint density at radius 2 is 1.95 bits per heavy atom. The molecule has 120 valence electrons. The van der Waals surface area contributed by atoms with Crippen molar-refractivity contribution >= 4 is 17.7 Å². The second kappa shape index (κ2) is 6.38. The zero-order valence-electron chi connectivity index (χ0n) is 13.6. The first kappa shape index (κ1) is 16.3. The fraction of sp³-hybridized carbons (Fsp3) is 0.529. The quantitative estimate of drug-likeness (QED) is 0.851. The molecule has 0 aromatic heterocycles. The minimum atomic E-state index is -0.533. The molecule has 22 heavy (non-hydrogen) atoms. The maximum atomic E-state index is 11.8. The van der Waals surface area contributed by atoms with E-state index in [4.69, 9.17) is 9.47 Å². The molecule has 1 atom stereocenters. The molecule has 0 radical (unpaired) electrons. The Labute approximate surface area is 131 Å². The molecular weight excluding hydrogens is 282 g/mol. The van der Waals surface area contributed by atoms with Crippen LogP contribution in [-0.2, 0) is 27.1 Å². The third-order valence-corrected chi connectivity index (χ3v) is 3.61. The smallest absolute Gasteiger partial charge is 0.412 e. The summed E-state index contributed by atoms with van der Waals surface area (Å²) >= 11 is 0. The molecule has 1 aliphatic rings. The van der Waals surface area contributed by atoms with Gasteiger partial charge in [0.1, 0.15) is 5.60 Å². The van der Waals surface area contributed by atoms with Crippen LogP contribution in [0.15, 0.2) is 18.2 Å². The summed E-state index contributed by atoms with van der Waals surface area (Å²) in [7, 11) is 1.42. The number of hydrogen-bond donors (Lipinski definition) is 1. The predicted molar refractivity (Wildman–Crippen MR) is 83.8 cm³/mol. The Bertz CT molecular complexity index is 575. The number of hydrogen-bond acceptors (Lipinski definition) is 4. The average Bonchev–Trinajstić information content (AvgIpc) is 2.43. The summed E-state index contributed by atoms with van der Waals surface area (Å²) < 4.78 is 10.1. The van der Waals surface area contributed by atoms with Crippen LogP contribution < -0.4 is 5.32 Å². The molecule has 5 nitrogen and oxygen atoms in total. The number of fused-ring (bicyclic) bond motifs is 1. The van der Waals surface area contributed by atoms with E-state index in [9.17, 15) is 9.59 Å². The summed E-state index contributed by atoms with van der Waals surface area (Å²) in [5.74, 6) is -0.273. The molecule has 0 fully saturated rings. The Morgan fingerprint density at radius 1 is 1.23 bits per heavy atom. The average molecular weight is 305 g/mol. The number of aryl methyl sites for hydroxylation is 1. The number of anilines is 1. The predicted octanol–water partition coefficient (Wildman–Crippen LogP) is 3.31. The van der Waals surface area contributed by atoms with E-state index >= 15 is 0 Å². The lowest BCUT2D eigenvalue weighted by Gasteiger charge is -2.24. The summed E-state index contributed by atoms with van der Waals surface area (Å²) in [6.45, 7) is 5.46. The van der Waals surface area contributed by atoms with Gasteiger partial charge in [0.2, 0.25) is 0 Å². The fourth-order valence-electron chi connectivity index (χ4n) is 2.62. The Hall–Kier alpha value is -2.04. The largest absolute Gasteiger partial charge is 0.469 e. The number of carbonyl (C=O) groups excluding carboxylic acids is 2. The van der Waals surface area contributed by atoms with Crippen LogP contribution in [0, 0.1) is 5.92 Å². The van der Waals surface area contributed by atoms with E-state index in [2.05, 4.69) is 5.32 Å². The number of amides is 1. The minimum absolute atomic E-state index is 0.103. The lowest BCUT2D eigenvalue weighted by Crippen LogP contribution is -2.27. The third-order valence-electron chi connectivity index (χ3n) is 3.61. The van der Waals surface area contributed by atoms with Gasteiger partial charge in [0.05, 0.1) is 13.0 Å². The van der Waals surface area contributed by atoms with Gasteiger partial charge in [0.25, 0.3) is 0 Å². The van der Waals surface area contributed by atoms with E-state index in [0.717, 1.165) is 18.4 Å². The molecule has 2 rings (SSSR count). The van der Waals surface area contributed by atoms with E-state index in [-0.39, 0.29) is 11.9 Å². The van der Waals surface area contributed by atoms with Gasteiger partial charge in [-0.3, -0.25) is 10.1 Å². The van der Waals surface area contributed by atoms with Gasteiger partial charge < -0.3 is 9.47 Å². The Balaban J connectivity index is 2.08. The van der Waals surface area contributed by atoms with Crippen LogP contribution in [0.4, 0.5) is 10.5 Å². The molecule has 0 aliphatic heterocycles. The fourth-order valence-corrected chi connectivity index (χ4v) is 2.62. The third kappa shape index (κ3) is 4.23. The molecule has 1 aromatic carbocycles. The van der Waals surface area contributed by atoms with E-state index in [1.54, 1.807) is 0 Å². The highest BCUT2D eigenvalue weighted by Crippen LogP contribution is 2.28. The maximum Gasteiger partial charge on any atom is 0.412 e. The van der Waals surface area contributed by atoms with Crippen LogP contribution >= 0.6 is 0 Å². The Morgan fingerprint density at radius 3 is 2.59 bits per heavy atom. The van der Waals surface area contributed by atoms with Crippen molar-refractivity contribution in [3.05, 3.63) is 29.3 Å². The maximum absolute atomic E-state index is 11.8. The molecule has 0 bridgehead atoms. The van der Waals surface area contributed by atoms with Crippen LogP contribution in [0.3, 0.4) is 0 Å². The van der Waals surface area contributed by atoms with Crippen molar-refractivity contribution in [1.29, 1.82) is 0 Å². The molecule has 1 aliphatic carbocycles. The van der Waals surface area contributed by atoms with Crippen molar-refractivity contribution < 1.29 is 19.1 Å². The first-order valence-electron chi connectivity index (χ1n) is 7.48. The number of nitrogens with one attached hydrogen (secondary N) is 1. The SMILES string of the molecule is COC(=O)C1CCc2ccc(NC(=O)OC(C)(C)C)cc2C1. The van der Waals surface area contributed by atoms with Crippen LogP contribution in [0.2, 0.25) is 0 Å². The normalized spacial score (nSPS) is 17.4. The summed E-state index contributed by atoms with van der Waals surface area (Å²) in [6, 6.07) is 5.77. The standard InChI is InChI=1S/C17H23NO4/c1-17(2,3)22-16(20)18-14-8-7-11-5-6-12(15(19)21-4)9-13(11)10-14/h7-8,10,12H,5-6,9H2,1-4H3,(H,18,20). The van der Waals surface area contributed by atoms with E-state index in [0.29, 0.717) is 12.1 Å². The van der Waals surface area contributed by atoms with Crippen molar-refractivity contribution in [3.63, 3.8) is 0 Å². The topological polar surface area (TPSA) is 64.6 Å². The molecule has 0 spiro atoms. The van der Waals surface area contributed by atoms with Crippen molar-refractivity contribution in [1.82, 2.24) is 0 Å². The number of rotatable bonds is 2. The summed E-state index contributed by atoms with van der Waals surface area (Å²) in [4.78, 5) is 23.5. The number of esters is 1. The zero-order chi connectivity index (χ0) is 16.3. The van der Waals surface area contributed by atoms with Gasteiger partial charge in [0.15, 0.2) is 0 Å². The lowest BCUT2D eigenvalue weighted by molar-refractivity contribution is -0.145. The molecule has 1 N–H and O–H groups in total. The minimum Gasteiger partial charge on any atom is -0.469 e. The van der Waals surface area contributed by atoms with Gasteiger partial charge in [-0.05, 0) is 63.3 Å². The summed E-state index contributed by atoms with van der Waals surface area (Å²) in [6.07, 6.45) is 1.82. The van der Waals surface area contributed by atoms with Crippen molar-refractivity contribution in [2.75, 3.05) is 12.4 Å². The van der Waals surface area contributed by atoms with Crippen molar-refractivity contribution in [3.8, 4) is 0 Å². The first-order chi connectivity index (χ1) is 10.3. The Kier molecular flexibility index (Phi) is 4.74. The molecule has 0 heterocycles. The highest BCUT2D eigenvalue weighted by atomic mass is 16.6. The lowest BCUT2D eigenvalue weighted by atomic mass is 9.84. The van der Waals surface area contributed by atoms with Gasteiger partial charge in [-0.25, -0.2) is 4.79 Å². The van der Waals surface area contributed by atoms with Crippen LogP contribution in [0.5, 0.6) is 0 Å². The highest BCUT2D eigenvalue weighted by molar-refractivity contribution is 5.85. The summed E-state index contributed by atoms with van der Waals surface area (Å²) in [5.41, 5.74) is 2.44. The van der Waals surface area contributed by atoms with Gasteiger partial charge in [-0.15, -0.1) is 0 Å². The monoisotopic (exact) mass is 305 g/mol. The molecule has 0 saturated carbocycles. The van der Waals surface area contributed by atoms with Crippen LogP contribution in [0.1, 0.15) is 38.3 Å². The van der Waals surface area contributed by atoms with E-state index < -0.39 is 11.7 Å². The number of methoxy groups -OCH3 is 1. The molecule has 1 aromatic rings. The number of carbonyl (C=O) groups is 2. The van der Waals surface area contributed by atoms with Crippen LogP contribution in [0.25, 0.3) is 0 Å². The highest BCUT2D eigenvalue weighted by Gasteiger charge is 2.25. The van der Waals surface area contributed by atoms with Gasteiger partial charge >= 0.3 is 12.1 Å². The molecule has 1 amide bonds. The number of benzene rings is 1.